The average molecular weight is 495 g/mol. The molecule has 1 amide bonds. The molecule has 1 aliphatic rings. The van der Waals surface area contributed by atoms with Crippen molar-refractivity contribution in [3.8, 4) is 0 Å². The van der Waals surface area contributed by atoms with Gasteiger partial charge in [-0.3, -0.25) is 9.79 Å². The highest BCUT2D eigenvalue weighted by Crippen LogP contribution is 2.11. The highest BCUT2D eigenvalue weighted by Gasteiger charge is 2.10. The maximum absolute atomic E-state index is 12.0. The SMILES string of the molecule is I.NC(=NCCNC(=O)c1cccc(Br)c1)N1CCCCCC1. The minimum atomic E-state index is -0.0927. The second-order valence-corrected chi connectivity index (χ2v) is 6.32. The topological polar surface area (TPSA) is 70.7 Å². The van der Waals surface area contributed by atoms with E-state index in [4.69, 9.17) is 5.73 Å². The van der Waals surface area contributed by atoms with Crippen LogP contribution in [-0.2, 0) is 0 Å². The highest BCUT2D eigenvalue weighted by molar-refractivity contribution is 14.0. The Morgan fingerprint density at radius 1 is 1.26 bits per heavy atom. The van der Waals surface area contributed by atoms with Gasteiger partial charge < -0.3 is 16.0 Å². The van der Waals surface area contributed by atoms with Crippen molar-refractivity contribution in [1.29, 1.82) is 0 Å². The normalized spacial score (nSPS) is 15.5. The highest BCUT2D eigenvalue weighted by atomic mass is 127. The summed E-state index contributed by atoms with van der Waals surface area (Å²) in [5.74, 6) is 0.503. The van der Waals surface area contributed by atoms with Crippen LogP contribution in [0.5, 0.6) is 0 Å². The van der Waals surface area contributed by atoms with E-state index in [0.717, 1.165) is 17.6 Å². The third-order valence-corrected chi connectivity index (χ3v) is 4.18. The number of amides is 1. The summed E-state index contributed by atoms with van der Waals surface area (Å²) in [6.45, 7) is 2.96. The molecule has 2 rings (SSSR count). The molecule has 0 atom stereocenters. The number of nitrogens with two attached hydrogens (primary N) is 1. The van der Waals surface area contributed by atoms with E-state index < -0.39 is 0 Å². The van der Waals surface area contributed by atoms with Crippen LogP contribution in [-0.4, -0.2) is 42.9 Å². The van der Waals surface area contributed by atoms with Gasteiger partial charge in [0.1, 0.15) is 0 Å². The van der Waals surface area contributed by atoms with Gasteiger partial charge in [0.05, 0.1) is 6.54 Å². The zero-order valence-electron chi connectivity index (χ0n) is 13.1. The first-order valence-electron chi connectivity index (χ1n) is 7.75. The lowest BCUT2D eigenvalue weighted by atomic mass is 10.2. The van der Waals surface area contributed by atoms with Crippen LogP contribution >= 0.6 is 39.9 Å². The fourth-order valence-electron chi connectivity index (χ4n) is 2.47. The second kappa shape index (κ2) is 10.9. The summed E-state index contributed by atoms with van der Waals surface area (Å²) in [6.07, 6.45) is 4.89. The van der Waals surface area contributed by atoms with Crippen LogP contribution in [0.1, 0.15) is 36.0 Å². The summed E-state index contributed by atoms with van der Waals surface area (Å²) in [6, 6.07) is 7.32. The molecular weight excluding hydrogens is 471 g/mol. The molecule has 1 aliphatic heterocycles. The molecule has 0 saturated carbocycles. The Kier molecular flexibility index (Phi) is 9.54. The zero-order valence-corrected chi connectivity index (χ0v) is 17.0. The van der Waals surface area contributed by atoms with Gasteiger partial charge in [-0.15, -0.1) is 24.0 Å². The molecule has 1 fully saturated rings. The van der Waals surface area contributed by atoms with Crippen molar-refractivity contribution in [2.45, 2.75) is 25.7 Å². The third-order valence-electron chi connectivity index (χ3n) is 3.69. The van der Waals surface area contributed by atoms with Crippen molar-refractivity contribution < 1.29 is 4.79 Å². The molecule has 7 heteroatoms. The lowest BCUT2D eigenvalue weighted by molar-refractivity contribution is 0.0954. The molecule has 1 aromatic rings. The Morgan fingerprint density at radius 2 is 1.96 bits per heavy atom. The minimum absolute atomic E-state index is 0. The number of guanidine groups is 1. The van der Waals surface area contributed by atoms with E-state index in [1.54, 1.807) is 12.1 Å². The van der Waals surface area contributed by atoms with Gasteiger partial charge in [-0.05, 0) is 31.0 Å². The van der Waals surface area contributed by atoms with Crippen LogP contribution in [0.15, 0.2) is 33.7 Å². The number of nitrogens with zero attached hydrogens (tertiary/aromatic N) is 2. The molecule has 0 aliphatic carbocycles. The van der Waals surface area contributed by atoms with Crippen molar-refractivity contribution in [2.24, 2.45) is 10.7 Å². The maximum Gasteiger partial charge on any atom is 0.251 e. The van der Waals surface area contributed by atoms with Crippen LogP contribution in [0.25, 0.3) is 0 Å². The number of nitrogens with one attached hydrogen (secondary N) is 1. The van der Waals surface area contributed by atoms with Crippen molar-refractivity contribution in [1.82, 2.24) is 10.2 Å². The minimum Gasteiger partial charge on any atom is -0.370 e. The molecule has 0 spiro atoms. The first-order chi connectivity index (χ1) is 10.7. The fourth-order valence-corrected chi connectivity index (χ4v) is 2.87. The van der Waals surface area contributed by atoms with Crippen molar-refractivity contribution in [2.75, 3.05) is 26.2 Å². The molecule has 3 N–H and O–H groups in total. The van der Waals surface area contributed by atoms with Crippen molar-refractivity contribution in [3.63, 3.8) is 0 Å². The van der Waals surface area contributed by atoms with E-state index in [-0.39, 0.29) is 29.9 Å². The standard InChI is InChI=1S/C16H23BrN4O.HI/c17-14-7-5-6-13(12-14)15(22)19-8-9-20-16(18)21-10-3-1-2-4-11-21;/h5-7,12H,1-4,8-11H2,(H2,18,20)(H,19,22);1H. The molecular formula is C16H24BrIN4O. The lowest BCUT2D eigenvalue weighted by Crippen LogP contribution is -2.38. The van der Waals surface area contributed by atoms with E-state index in [0.29, 0.717) is 24.6 Å². The number of hydrogen-bond acceptors (Lipinski definition) is 2. The largest absolute Gasteiger partial charge is 0.370 e. The van der Waals surface area contributed by atoms with Gasteiger partial charge in [0, 0.05) is 29.7 Å². The van der Waals surface area contributed by atoms with Crippen molar-refractivity contribution >= 4 is 51.8 Å². The van der Waals surface area contributed by atoms with Crippen LogP contribution in [0.3, 0.4) is 0 Å². The summed E-state index contributed by atoms with van der Waals surface area (Å²) in [5, 5.41) is 2.86. The molecule has 1 aromatic carbocycles. The smallest absolute Gasteiger partial charge is 0.251 e. The number of aliphatic imine (C=N–C) groups is 1. The van der Waals surface area contributed by atoms with E-state index in [9.17, 15) is 4.79 Å². The molecule has 1 heterocycles. The predicted molar refractivity (Wildman–Crippen MR) is 108 cm³/mol. The van der Waals surface area contributed by atoms with Gasteiger partial charge in [0.15, 0.2) is 5.96 Å². The monoisotopic (exact) mass is 494 g/mol. The molecule has 0 aromatic heterocycles. The van der Waals surface area contributed by atoms with Gasteiger partial charge in [-0.1, -0.05) is 34.8 Å². The van der Waals surface area contributed by atoms with Crippen LogP contribution in [0.2, 0.25) is 0 Å². The van der Waals surface area contributed by atoms with E-state index >= 15 is 0 Å². The molecule has 0 unspecified atom stereocenters. The number of rotatable bonds is 4. The van der Waals surface area contributed by atoms with Gasteiger partial charge in [0.2, 0.25) is 0 Å². The maximum atomic E-state index is 12.0. The Balaban J connectivity index is 0.00000264. The molecule has 0 radical (unpaired) electrons. The summed E-state index contributed by atoms with van der Waals surface area (Å²) in [4.78, 5) is 18.5. The Bertz CT molecular complexity index is 531. The van der Waals surface area contributed by atoms with Gasteiger partial charge in [-0.25, -0.2) is 0 Å². The molecule has 5 nitrogen and oxygen atoms in total. The zero-order chi connectivity index (χ0) is 15.8. The average Bonchev–Trinajstić information content (AvgIpc) is 2.80. The first-order valence-corrected chi connectivity index (χ1v) is 8.55. The quantitative estimate of drug-likeness (QED) is 0.292. The summed E-state index contributed by atoms with van der Waals surface area (Å²) in [5.41, 5.74) is 6.66. The number of carbonyl (C=O) groups excluding carboxylic acids is 1. The molecule has 23 heavy (non-hydrogen) atoms. The Labute approximate surface area is 163 Å². The number of benzene rings is 1. The first kappa shape index (κ1) is 20.2. The van der Waals surface area contributed by atoms with Gasteiger partial charge >= 0.3 is 0 Å². The third kappa shape index (κ3) is 7.07. The van der Waals surface area contributed by atoms with Crippen LogP contribution in [0, 0.1) is 0 Å². The number of hydrogen-bond donors (Lipinski definition) is 2. The van der Waals surface area contributed by atoms with Gasteiger partial charge in [0.25, 0.3) is 5.91 Å². The Morgan fingerprint density at radius 3 is 2.61 bits per heavy atom. The van der Waals surface area contributed by atoms with E-state index in [1.807, 2.05) is 12.1 Å². The van der Waals surface area contributed by atoms with E-state index in [1.165, 1.54) is 25.7 Å². The molecule has 128 valence electrons. The van der Waals surface area contributed by atoms with Gasteiger partial charge in [-0.2, -0.15) is 0 Å². The number of likely N-dealkylation sites (tertiary alicyclic amines) is 1. The molecule has 1 saturated heterocycles. The predicted octanol–water partition coefficient (Wildman–Crippen LogP) is 2.99. The van der Waals surface area contributed by atoms with E-state index in [2.05, 4.69) is 31.1 Å². The number of halogens is 2. The second-order valence-electron chi connectivity index (χ2n) is 5.41. The lowest BCUT2D eigenvalue weighted by Gasteiger charge is -2.21. The molecule has 0 bridgehead atoms. The Hall–Kier alpha value is -0.830. The summed E-state index contributed by atoms with van der Waals surface area (Å²) < 4.78 is 0.892. The van der Waals surface area contributed by atoms with Crippen LogP contribution in [0.4, 0.5) is 0 Å². The van der Waals surface area contributed by atoms with Crippen LogP contribution < -0.4 is 11.1 Å². The van der Waals surface area contributed by atoms with Crippen molar-refractivity contribution in [3.05, 3.63) is 34.3 Å². The number of carbonyl (C=O) groups is 1. The fraction of sp³-hybridized carbons (Fsp3) is 0.500. The summed E-state index contributed by atoms with van der Waals surface area (Å²) >= 11 is 3.36. The summed E-state index contributed by atoms with van der Waals surface area (Å²) in [7, 11) is 0.